The first-order valence-corrected chi connectivity index (χ1v) is 34.6. The Kier molecular flexibility index (Phi) is 33.2. The summed E-state index contributed by atoms with van der Waals surface area (Å²) in [7, 11) is -2.11. The van der Waals surface area contributed by atoms with Gasteiger partial charge in [0, 0.05) is 41.0 Å². The number of halogens is 4. The quantitative estimate of drug-likeness (QED) is 0.0287. The SMILES string of the molecule is CCCCCC(=O)NS(=O)(=O)c1c(C(=O)OC)c(Cl)nn1C.CCCCCC(=O)NS(=O)(=O)c1c(C(=O)OC)c(Cl)nn1C.COC(=O)c1c(Cl)nn(C)c1S(=O)(=O)NC(=O)Nc1nc(OC)cc(OC)n1.COC(=O)c1c(Cl)nn(C)c1S(N)(=O)=O.COc1cc(OC)nc(N)n1. The van der Waals surface area contributed by atoms with E-state index in [-0.39, 0.29) is 57.5 Å². The summed E-state index contributed by atoms with van der Waals surface area (Å²) in [5, 5.41) is 18.2. The molecule has 6 heterocycles. The molecule has 0 aromatic carbocycles. The highest BCUT2D eigenvalue weighted by Gasteiger charge is 2.36. The number of nitrogen functional groups attached to an aromatic ring is 1. The number of primary sulfonamides is 1. The molecule has 41 nitrogen and oxygen atoms in total. The Morgan fingerprint density at radius 2 is 0.704 bits per heavy atom. The lowest BCUT2D eigenvalue weighted by atomic mass is 10.2. The molecule has 0 bridgehead atoms. The summed E-state index contributed by atoms with van der Waals surface area (Å²) in [5.74, 6) is -4.37. The lowest BCUT2D eigenvalue weighted by Crippen LogP contribution is -2.36. The van der Waals surface area contributed by atoms with Gasteiger partial charge in [-0.1, -0.05) is 85.9 Å². The van der Waals surface area contributed by atoms with E-state index in [1.165, 1.54) is 62.7 Å². The van der Waals surface area contributed by atoms with Gasteiger partial charge in [-0.2, -0.15) is 65.6 Å². The highest BCUT2D eigenvalue weighted by molar-refractivity contribution is 7.90. The number of hydrogen-bond acceptors (Lipinski definition) is 32. The minimum absolute atomic E-state index is 0.0661. The van der Waals surface area contributed by atoms with Gasteiger partial charge in [-0.05, 0) is 12.8 Å². The monoisotopic (exact) mass is 1540 g/mol. The van der Waals surface area contributed by atoms with Crippen LogP contribution in [0.4, 0.5) is 16.7 Å². The average Bonchev–Trinajstić information content (AvgIpc) is 1.64. The van der Waals surface area contributed by atoms with Crippen molar-refractivity contribution in [2.75, 3.05) is 67.9 Å². The molecular formula is C49H68Cl4N18O23S4. The molecule has 0 aliphatic carbocycles. The molecule has 0 atom stereocenters. The minimum Gasteiger partial charge on any atom is -0.481 e. The van der Waals surface area contributed by atoms with Gasteiger partial charge in [0.25, 0.3) is 40.1 Å². The molecule has 0 saturated carbocycles. The molecule has 4 amide bonds. The number of amides is 4. The predicted octanol–water partition coefficient (Wildman–Crippen LogP) is 2.25. The second-order valence-electron chi connectivity index (χ2n) is 18.5. The second kappa shape index (κ2) is 38.2. The number of esters is 4. The van der Waals surface area contributed by atoms with Crippen LogP contribution in [-0.4, -0.2) is 191 Å². The number of urea groups is 1. The summed E-state index contributed by atoms with van der Waals surface area (Å²) in [6.45, 7) is 3.93. The van der Waals surface area contributed by atoms with Crippen molar-refractivity contribution in [3.63, 3.8) is 0 Å². The van der Waals surface area contributed by atoms with Crippen LogP contribution in [0.2, 0.25) is 20.6 Å². The number of carbonyl (C=O) groups excluding carboxylic acids is 7. The van der Waals surface area contributed by atoms with E-state index in [1.807, 2.05) is 23.3 Å². The van der Waals surface area contributed by atoms with Crippen LogP contribution in [-0.2, 0) is 96.8 Å². The summed E-state index contributed by atoms with van der Waals surface area (Å²) in [4.78, 5) is 97.1. The van der Waals surface area contributed by atoms with Gasteiger partial charge in [0.2, 0.25) is 47.2 Å². The Morgan fingerprint density at radius 1 is 0.439 bits per heavy atom. The fraction of sp³-hybridized carbons (Fsp3) is 0.449. The van der Waals surface area contributed by atoms with Gasteiger partial charge < -0.3 is 43.6 Å². The molecule has 0 aliphatic rings. The number of anilines is 2. The van der Waals surface area contributed by atoms with Gasteiger partial charge >= 0.3 is 29.9 Å². The molecule has 6 aromatic heterocycles. The van der Waals surface area contributed by atoms with Crippen LogP contribution in [0.3, 0.4) is 0 Å². The van der Waals surface area contributed by atoms with Crippen molar-refractivity contribution in [1.82, 2.24) is 73.2 Å². The van der Waals surface area contributed by atoms with Crippen LogP contribution in [0.15, 0.2) is 32.2 Å². The number of methoxy groups -OCH3 is 8. The van der Waals surface area contributed by atoms with E-state index >= 15 is 0 Å². The summed E-state index contributed by atoms with van der Waals surface area (Å²) in [5.41, 5.74) is 3.64. The first-order chi connectivity index (χ1) is 45.6. The van der Waals surface area contributed by atoms with Crippen molar-refractivity contribution in [3.8, 4) is 23.5 Å². The Morgan fingerprint density at radius 3 is 0.969 bits per heavy atom. The molecule has 0 unspecified atom stereocenters. The largest absolute Gasteiger partial charge is 0.481 e. The van der Waals surface area contributed by atoms with Crippen LogP contribution in [0.1, 0.15) is 107 Å². The summed E-state index contributed by atoms with van der Waals surface area (Å²) < 4.78 is 143. The third-order valence-corrected chi connectivity index (χ3v) is 18.0. The lowest BCUT2D eigenvalue weighted by molar-refractivity contribution is -0.120. The van der Waals surface area contributed by atoms with Crippen molar-refractivity contribution in [2.45, 2.75) is 85.3 Å². The number of rotatable bonds is 24. The first-order valence-electron chi connectivity index (χ1n) is 27.1. The smallest absolute Gasteiger partial charge is 0.344 e. The van der Waals surface area contributed by atoms with E-state index in [2.05, 4.69) is 64.6 Å². The number of hydrogen-bond donors (Lipinski definition) is 6. The van der Waals surface area contributed by atoms with Crippen LogP contribution in [0, 0.1) is 0 Å². The average molecular weight is 1550 g/mol. The fourth-order valence-corrected chi connectivity index (χ4v) is 13.5. The minimum atomic E-state index is -4.57. The molecule has 0 radical (unpaired) electrons. The van der Waals surface area contributed by atoms with E-state index in [0.29, 0.717) is 24.6 Å². The summed E-state index contributed by atoms with van der Waals surface area (Å²) >= 11 is 22.9. The number of nitrogens with one attached hydrogen (secondary N) is 4. The zero-order valence-electron chi connectivity index (χ0n) is 54.4. The number of aromatic nitrogens is 12. The zero-order chi connectivity index (χ0) is 75.0. The number of carbonyl (C=O) groups is 7. The molecule has 0 fully saturated rings. The topological polar surface area (TPSA) is 553 Å². The van der Waals surface area contributed by atoms with E-state index in [9.17, 15) is 67.2 Å². The van der Waals surface area contributed by atoms with E-state index in [1.54, 1.807) is 10.8 Å². The molecule has 0 spiro atoms. The molecular weight excluding hydrogens is 1480 g/mol. The van der Waals surface area contributed by atoms with Crippen LogP contribution < -0.4 is 49.3 Å². The van der Waals surface area contributed by atoms with Gasteiger partial charge in [0.05, 0.1) is 69.0 Å². The van der Waals surface area contributed by atoms with Crippen molar-refractivity contribution < 1.29 is 105 Å². The first kappa shape index (κ1) is 85.1. The number of nitrogens with zero attached hydrogens (tertiary/aromatic N) is 12. The highest BCUT2D eigenvalue weighted by atomic mass is 35.5. The van der Waals surface area contributed by atoms with Gasteiger partial charge in [-0.15, -0.1) is 0 Å². The summed E-state index contributed by atoms with van der Waals surface area (Å²) in [6, 6.07) is 1.68. The Bertz CT molecular complexity index is 4180. The Hall–Kier alpha value is -8.99. The maximum absolute atomic E-state index is 12.6. The van der Waals surface area contributed by atoms with Gasteiger partial charge in [-0.25, -0.2) is 51.7 Å². The van der Waals surface area contributed by atoms with Crippen molar-refractivity contribution in [1.29, 1.82) is 0 Å². The molecule has 6 aromatic rings. The van der Waals surface area contributed by atoms with Crippen LogP contribution in [0.25, 0.3) is 0 Å². The highest BCUT2D eigenvalue weighted by Crippen LogP contribution is 2.28. The number of sulfonamides is 4. The molecule has 0 saturated heterocycles. The van der Waals surface area contributed by atoms with Gasteiger partial charge in [0.1, 0.15) is 22.3 Å². The standard InChI is InChI=1S/C13H15ClN6O7S.2C12H18ClN3O5S.C6H8ClN3O4S.C6H9N3O2/c1-20-10(8(9(14)18-20)11(21)27-4)28(23,24)19-13(22)17-12-15-6(25-2)5-7(16-12)26-3;2*1-4-5-6-7-8(17)15-22(19,20)11-9(12(18)21-3)10(13)14-16(11)2;1-10-5(15(8,12)13)3(4(7)9-10)6(11)14-2;1-10-4-3-5(11-2)9-6(7)8-4/h5H,1-4H3,(H2,15,16,17,19,22);2*4-7H2,1-3H3,(H,15,17);1-2H3,(H2,8,12,13);3H,1-2H3,(H2,7,8,9). The van der Waals surface area contributed by atoms with Crippen molar-refractivity contribution >= 4 is 140 Å². The van der Waals surface area contributed by atoms with Crippen LogP contribution >= 0.6 is 46.4 Å². The zero-order valence-corrected chi connectivity index (χ0v) is 60.7. The Labute approximate surface area is 580 Å². The molecule has 8 N–H and O–H groups in total. The number of ether oxygens (including phenoxy) is 8. The van der Waals surface area contributed by atoms with Crippen molar-refractivity contribution in [3.05, 3.63) is 55.0 Å². The predicted molar refractivity (Wildman–Crippen MR) is 343 cm³/mol. The maximum Gasteiger partial charge on any atom is 0.344 e. The maximum atomic E-state index is 12.6. The lowest BCUT2D eigenvalue weighted by Gasteiger charge is -2.10. The number of unbranched alkanes of at least 4 members (excludes halogenated alkanes) is 4. The van der Waals surface area contributed by atoms with Crippen molar-refractivity contribution in [2.24, 2.45) is 33.3 Å². The Balaban J connectivity index is 0.000000429. The van der Waals surface area contributed by atoms with E-state index < -0.39 is 124 Å². The van der Waals surface area contributed by atoms with Crippen LogP contribution in [0.5, 0.6) is 23.5 Å². The molecule has 544 valence electrons. The van der Waals surface area contributed by atoms with Gasteiger partial charge in [-0.3, -0.25) is 33.6 Å². The molecule has 0 aliphatic heterocycles. The number of aryl methyl sites for hydroxylation is 4. The molecule has 6 rings (SSSR count). The third kappa shape index (κ3) is 23.9. The van der Waals surface area contributed by atoms with E-state index in [4.69, 9.17) is 76.2 Å². The second-order valence-corrected chi connectivity index (χ2v) is 26.2. The molecule has 98 heavy (non-hydrogen) atoms. The van der Waals surface area contributed by atoms with E-state index in [0.717, 1.165) is 72.8 Å². The normalized spacial score (nSPS) is 11.0. The summed E-state index contributed by atoms with van der Waals surface area (Å²) in [6.07, 6.45) is 4.75. The van der Waals surface area contributed by atoms with Gasteiger partial charge in [0.15, 0.2) is 40.7 Å². The fourth-order valence-electron chi connectivity index (χ4n) is 7.42. The number of nitrogens with two attached hydrogens (primary N) is 2. The molecule has 49 heteroatoms. The third-order valence-electron chi connectivity index (χ3n) is 11.6.